The highest BCUT2D eigenvalue weighted by Crippen LogP contribution is 2.44. The summed E-state index contributed by atoms with van der Waals surface area (Å²) in [6.07, 6.45) is 4.11. The number of nitrogens with zero attached hydrogens (tertiary/aromatic N) is 3. The van der Waals surface area contributed by atoms with E-state index < -0.39 is 0 Å². The van der Waals surface area contributed by atoms with Crippen molar-refractivity contribution in [2.75, 3.05) is 0 Å². The van der Waals surface area contributed by atoms with E-state index in [0.29, 0.717) is 0 Å². The predicted molar refractivity (Wildman–Crippen MR) is 171 cm³/mol. The van der Waals surface area contributed by atoms with E-state index in [4.69, 9.17) is 4.98 Å². The minimum Gasteiger partial charge on any atom is -0.307 e. The van der Waals surface area contributed by atoms with Gasteiger partial charge < -0.3 is 4.40 Å². The van der Waals surface area contributed by atoms with Gasteiger partial charge in [0.25, 0.3) is 6.33 Å². The molecule has 3 aromatic heterocycles. The Labute approximate surface area is 236 Å². The van der Waals surface area contributed by atoms with E-state index in [9.17, 15) is 0 Å². The fourth-order valence-electron chi connectivity index (χ4n) is 7.27. The molecule has 0 aliphatic carbocycles. The molecule has 0 amide bonds. The molecule has 0 N–H and O–H groups in total. The molecule has 0 unspecified atom stereocenters. The summed E-state index contributed by atoms with van der Waals surface area (Å²) >= 11 is 0. The van der Waals surface area contributed by atoms with E-state index >= 15 is 0 Å². The number of fused-ring (bicyclic) bond motifs is 7. The Hall–Kier alpha value is -3.72. The van der Waals surface area contributed by atoms with Gasteiger partial charge in [-0.3, -0.25) is 0 Å². The molecule has 0 saturated heterocycles. The van der Waals surface area contributed by atoms with Gasteiger partial charge in [-0.25, -0.2) is 4.57 Å². The van der Waals surface area contributed by atoms with Gasteiger partial charge in [-0.2, -0.15) is 0 Å². The Bertz CT molecular complexity index is 2150. The average molecular weight is 527 g/mol. The van der Waals surface area contributed by atoms with Crippen molar-refractivity contribution in [1.29, 1.82) is 0 Å². The van der Waals surface area contributed by atoms with Gasteiger partial charge in [0, 0.05) is 10.8 Å². The highest BCUT2D eigenvalue weighted by atomic mass is 15.0. The molecule has 3 heterocycles. The lowest BCUT2D eigenvalue weighted by molar-refractivity contribution is -0.646. The van der Waals surface area contributed by atoms with Gasteiger partial charge >= 0.3 is 0 Å². The molecule has 3 heteroatoms. The first kappa shape index (κ1) is 25.3. The number of hydrogen-bond acceptors (Lipinski definition) is 1. The normalized spacial score (nSPS) is 13.3. The standard InChI is InChI=1S/C37H40N3/c1-21-27-16-23(18-36(3,4)5)10-12-25(27)22(2)33-31(21)35-32-29(38-20-39(35)9)14-13-26-28-17-24(19-37(6,7)8)11-15-30(28)40(33)34(26)32/h10-17,20H,18-19H2,1-9H3/q+1. The molecule has 0 spiro atoms. The summed E-state index contributed by atoms with van der Waals surface area (Å²) in [5.41, 5.74) is 12.2. The molecular formula is C37H40N3+. The van der Waals surface area contributed by atoms with E-state index in [1.165, 1.54) is 76.6 Å². The lowest BCUT2D eigenvalue weighted by Crippen LogP contribution is -2.30. The summed E-state index contributed by atoms with van der Waals surface area (Å²) in [7, 11) is 2.15. The highest BCUT2D eigenvalue weighted by molar-refractivity contribution is 6.28. The zero-order valence-corrected chi connectivity index (χ0v) is 25.5. The van der Waals surface area contributed by atoms with Crippen molar-refractivity contribution >= 4 is 59.9 Å². The summed E-state index contributed by atoms with van der Waals surface area (Å²) in [4.78, 5) is 4.89. The molecule has 0 fully saturated rings. The summed E-state index contributed by atoms with van der Waals surface area (Å²) in [6, 6.07) is 18.8. The largest absolute Gasteiger partial charge is 0.307 e. The Balaban J connectivity index is 1.72. The maximum Gasteiger partial charge on any atom is 0.287 e. The van der Waals surface area contributed by atoms with E-state index in [0.717, 1.165) is 18.4 Å². The van der Waals surface area contributed by atoms with Crippen molar-refractivity contribution in [2.45, 2.75) is 68.2 Å². The van der Waals surface area contributed by atoms with Crippen LogP contribution in [-0.2, 0) is 19.9 Å². The van der Waals surface area contributed by atoms with Crippen molar-refractivity contribution < 1.29 is 4.57 Å². The number of benzene rings is 4. The molecule has 0 aliphatic heterocycles. The number of aryl methyl sites for hydroxylation is 3. The molecule has 40 heavy (non-hydrogen) atoms. The molecule has 202 valence electrons. The van der Waals surface area contributed by atoms with Gasteiger partial charge in [0.2, 0.25) is 0 Å². The van der Waals surface area contributed by atoms with Crippen molar-refractivity contribution in [1.82, 2.24) is 9.38 Å². The van der Waals surface area contributed by atoms with Crippen LogP contribution < -0.4 is 4.57 Å². The van der Waals surface area contributed by atoms with Crippen LogP contribution in [0.4, 0.5) is 0 Å². The number of aromatic nitrogens is 3. The fourth-order valence-corrected chi connectivity index (χ4v) is 7.27. The maximum atomic E-state index is 4.89. The van der Waals surface area contributed by atoms with E-state index in [2.05, 4.69) is 120 Å². The minimum absolute atomic E-state index is 0.239. The van der Waals surface area contributed by atoms with Crippen molar-refractivity contribution in [3.05, 3.63) is 77.1 Å². The Morgan fingerprint density at radius 3 is 1.98 bits per heavy atom. The Morgan fingerprint density at radius 2 is 1.30 bits per heavy atom. The van der Waals surface area contributed by atoms with Crippen LogP contribution in [0.25, 0.3) is 59.9 Å². The van der Waals surface area contributed by atoms with Crippen LogP contribution in [0.2, 0.25) is 0 Å². The third-order valence-corrected chi connectivity index (χ3v) is 8.72. The molecule has 7 aromatic rings. The van der Waals surface area contributed by atoms with Crippen molar-refractivity contribution in [3.63, 3.8) is 0 Å². The number of pyridine rings is 1. The maximum absolute atomic E-state index is 4.89. The molecule has 0 saturated carbocycles. The lowest BCUT2D eigenvalue weighted by atomic mass is 9.86. The van der Waals surface area contributed by atoms with E-state index in [-0.39, 0.29) is 10.8 Å². The van der Waals surface area contributed by atoms with Crippen LogP contribution in [0.15, 0.2) is 54.9 Å². The minimum atomic E-state index is 0.239. The lowest BCUT2D eigenvalue weighted by Gasteiger charge is -2.21. The second kappa shape index (κ2) is 8.16. The summed E-state index contributed by atoms with van der Waals surface area (Å²) in [5.74, 6) is 0. The van der Waals surface area contributed by atoms with Crippen LogP contribution in [0.5, 0.6) is 0 Å². The summed E-state index contributed by atoms with van der Waals surface area (Å²) in [6.45, 7) is 18.6. The van der Waals surface area contributed by atoms with Crippen LogP contribution in [0.3, 0.4) is 0 Å². The quantitative estimate of drug-likeness (QED) is 0.125. The molecule has 0 atom stereocenters. The first-order chi connectivity index (χ1) is 18.8. The van der Waals surface area contributed by atoms with Crippen LogP contribution in [-0.4, -0.2) is 9.38 Å². The third kappa shape index (κ3) is 3.63. The molecule has 4 aromatic carbocycles. The summed E-state index contributed by atoms with van der Waals surface area (Å²) < 4.78 is 4.80. The molecule has 7 rings (SSSR count). The third-order valence-electron chi connectivity index (χ3n) is 8.72. The zero-order valence-electron chi connectivity index (χ0n) is 25.5. The Kier molecular flexibility index (Phi) is 5.15. The highest BCUT2D eigenvalue weighted by Gasteiger charge is 2.27. The van der Waals surface area contributed by atoms with Gasteiger partial charge in [0.15, 0.2) is 5.52 Å². The van der Waals surface area contributed by atoms with Crippen LogP contribution in [0, 0.1) is 24.7 Å². The topological polar surface area (TPSA) is 21.2 Å². The van der Waals surface area contributed by atoms with Gasteiger partial charge in [0.05, 0.1) is 34.4 Å². The molecule has 0 radical (unpaired) electrons. The monoisotopic (exact) mass is 526 g/mol. The average Bonchev–Trinajstić information content (AvgIpc) is 3.19. The predicted octanol–water partition coefficient (Wildman–Crippen LogP) is 9.16. The van der Waals surface area contributed by atoms with E-state index in [1.807, 2.05) is 6.33 Å². The molecule has 0 bridgehead atoms. The molecule has 3 nitrogen and oxygen atoms in total. The second-order valence-corrected chi connectivity index (χ2v) is 14.6. The smallest absolute Gasteiger partial charge is 0.287 e. The van der Waals surface area contributed by atoms with Gasteiger partial charge in [-0.05, 0) is 99.8 Å². The zero-order chi connectivity index (χ0) is 28.3. The first-order valence-corrected chi connectivity index (χ1v) is 14.6. The Morgan fingerprint density at radius 1 is 0.675 bits per heavy atom. The molecular weight excluding hydrogens is 486 g/mol. The van der Waals surface area contributed by atoms with Crippen LogP contribution in [0.1, 0.15) is 63.8 Å². The van der Waals surface area contributed by atoms with Gasteiger partial charge in [0.1, 0.15) is 5.52 Å². The van der Waals surface area contributed by atoms with Crippen LogP contribution >= 0.6 is 0 Å². The first-order valence-electron chi connectivity index (χ1n) is 14.6. The van der Waals surface area contributed by atoms with Gasteiger partial charge in [-0.1, -0.05) is 65.8 Å². The van der Waals surface area contributed by atoms with E-state index in [1.54, 1.807) is 0 Å². The fraction of sp³-hybridized carbons (Fsp3) is 0.351. The SMILES string of the molecule is Cc1c2cc(CC(C)(C)C)ccc2c(C)c2c1c1c3c(ccc4c5cc(CC(C)(C)C)ccc5n2c43)nc[n+]1C. The van der Waals surface area contributed by atoms with Crippen molar-refractivity contribution in [2.24, 2.45) is 17.9 Å². The van der Waals surface area contributed by atoms with Gasteiger partial charge in [-0.15, -0.1) is 0 Å². The number of hydrogen-bond donors (Lipinski definition) is 0. The van der Waals surface area contributed by atoms with Crippen molar-refractivity contribution in [3.8, 4) is 0 Å². The summed E-state index contributed by atoms with van der Waals surface area (Å²) in [5, 5.41) is 7.96. The number of rotatable bonds is 2. The molecule has 0 aliphatic rings. The second-order valence-electron chi connectivity index (χ2n) is 14.6.